The van der Waals surface area contributed by atoms with E-state index >= 15 is 0 Å². The van der Waals surface area contributed by atoms with E-state index in [4.69, 9.17) is 14.5 Å². The van der Waals surface area contributed by atoms with Gasteiger partial charge in [-0.25, -0.2) is 0 Å². The fourth-order valence-electron chi connectivity index (χ4n) is 0.567. The van der Waals surface area contributed by atoms with Crippen LogP contribution in [0, 0.1) is 0 Å². The molecule has 0 aromatic carbocycles. The van der Waals surface area contributed by atoms with Crippen molar-refractivity contribution in [2.75, 3.05) is 0 Å². The predicted octanol–water partition coefficient (Wildman–Crippen LogP) is 0.305. The van der Waals surface area contributed by atoms with E-state index < -0.39 is 7.12 Å². The van der Waals surface area contributed by atoms with Gasteiger partial charge in [0.25, 0.3) is 0 Å². The predicted molar refractivity (Wildman–Crippen MR) is 37.9 cm³/mol. The standard InChI is InChI=1S/C6H7BO3/c8-7(9)3-1-6-2-4-10-5-6/h1-5,8-9H/b3-1+. The normalized spacial score (nSPS) is 10.6. The maximum atomic E-state index is 8.39. The molecule has 1 rings (SSSR count). The summed E-state index contributed by atoms with van der Waals surface area (Å²) >= 11 is 0. The highest BCUT2D eigenvalue weighted by Crippen LogP contribution is 2.01. The second-order valence-electron chi connectivity index (χ2n) is 1.83. The fraction of sp³-hybridized carbons (Fsp3) is 0. The number of furan rings is 1. The quantitative estimate of drug-likeness (QED) is 0.578. The van der Waals surface area contributed by atoms with Gasteiger partial charge in [0.05, 0.1) is 12.5 Å². The number of rotatable bonds is 2. The minimum Gasteiger partial charge on any atom is -0.472 e. The summed E-state index contributed by atoms with van der Waals surface area (Å²) in [6, 6.07) is 1.72. The summed E-state index contributed by atoms with van der Waals surface area (Å²) < 4.78 is 4.73. The second-order valence-corrected chi connectivity index (χ2v) is 1.83. The molecule has 0 saturated heterocycles. The van der Waals surface area contributed by atoms with Crippen LogP contribution in [-0.4, -0.2) is 17.2 Å². The summed E-state index contributed by atoms with van der Waals surface area (Å²) in [6.07, 6.45) is 4.59. The molecular formula is C6H7BO3. The molecule has 2 N–H and O–H groups in total. The molecule has 0 saturated carbocycles. The van der Waals surface area contributed by atoms with Crippen molar-refractivity contribution in [2.24, 2.45) is 0 Å². The molecular weight excluding hydrogens is 131 g/mol. The summed E-state index contributed by atoms with van der Waals surface area (Å²) in [6.45, 7) is 0. The molecule has 1 aromatic rings. The van der Waals surface area contributed by atoms with E-state index in [0.29, 0.717) is 0 Å². The molecule has 10 heavy (non-hydrogen) atoms. The van der Waals surface area contributed by atoms with Gasteiger partial charge in [0.15, 0.2) is 0 Å². The van der Waals surface area contributed by atoms with Crippen LogP contribution in [-0.2, 0) is 0 Å². The Morgan fingerprint density at radius 3 is 2.80 bits per heavy atom. The molecule has 0 atom stereocenters. The molecule has 0 radical (unpaired) electrons. The van der Waals surface area contributed by atoms with Crippen LogP contribution in [0.1, 0.15) is 5.56 Å². The third kappa shape index (κ3) is 2.09. The highest BCUT2D eigenvalue weighted by atomic mass is 16.4. The van der Waals surface area contributed by atoms with Crippen LogP contribution in [0.5, 0.6) is 0 Å². The largest absolute Gasteiger partial charge is 0.480 e. The lowest BCUT2D eigenvalue weighted by molar-refractivity contribution is 0.424. The number of hydrogen-bond acceptors (Lipinski definition) is 3. The maximum Gasteiger partial charge on any atom is 0.480 e. The van der Waals surface area contributed by atoms with E-state index in [2.05, 4.69) is 0 Å². The lowest BCUT2D eigenvalue weighted by Gasteiger charge is -1.83. The Balaban J connectivity index is 2.55. The van der Waals surface area contributed by atoms with Gasteiger partial charge in [-0.05, 0) is 6.07 Å². The van der Waals surface area contributed by atoms with Crippen LogP contribution in [0.15, 0.2) is 29.0 Å². The van der Waals surface area contributed by atoms with E-state index in [1.807, 2.05) is 0 Å². The lowest BCUT2D eigenvalue weighted by Crippen LogP contribution is -2.05. The van der Waals surface area contributed by atoms with Crippen molar-refractivity contribution < 1.29 is 14.5 Å². The van der Waals surface area contributed by atoms with Gasteiger partial charge in [0, 0.05) is 5.56 Å². The average Bonchev–Trinajstić information content (AvgIpc) is 2.34. The molecule has 0 unspecified atom stereocenters. The Hall–Kier alpha value is -0.995. The van der Waals surface area contributed by atoms with E-state index in [-0.39, 0.29) is 0 Å². The molecule has 1 heterocycles. The zero-order valence-corrected chi connectivity index (χ0v) is 5.27. The molecule has 0 fully saturated rings. The van der Waals surface area contributed by atoms with Crippen LogP contribution >= 0.6 is 0 Å². The monoisotopic (exact) mass is 138 g/mol. The van der Waals surface area contributed by atoms with Gasteiger partial charge in [-0.1, -0.05) is 12.1 Å². The molecule has 1 aromatic heterocycles. The third-order valence-electron chi connectivity index (χ3n) is 1.00. The van der Waals surface area contributed by atoms with Gasteiger partial charge >= 0.3 is 7.12 Å². The van der Waals surface area contributed by atoms with Crippen LogP contribution in [0.25, 0.3) is 6.08 Å². The zero-order valence-electron chi connectivity index (χ0n) is 5.27. The smallest absolute Gasteiger partial charge is 0.472 e. The first-order chi connectivity index (χ1) is 4.79. The minimum atomic E-state index is -1.39. The molecule has 0 aliphatic heterocycles. The second kappa shape index (κ2) is 3.24. The number of hydrogen-bond donors (Lipinski definition) is 2. The van der Waals surface area contributed by atoms with E-state index in [1.54, 1.807) is 12.1 Å². The first kappa shape index (κ1) is 7.12. The molecule has 0 aliphatic carbocycles. The Morgan fingerprint density at radius 2 is 2.30 bits per heavy atom. The SMILES string of the molecule is OB(O)/C=C/c1ccoc1. The molecule has 0 spiro atoms. The van der Waals surface area contributed by atoms with Gasteiger partial charge in [-0.2, -0.15) is 0 Å². The van der Waals surface area contributed by atoms with Crippen molar-refractivity contribution >= 4 is 13.2 Å². The first-order valence-corrected chi connectivity index (χ1v) is 2.85. The van der Waals surface area contributed by atoms with Gasteiger partial charge in [0.1, 0.15) is 0 Å². The van der Waals surface area contributed by atoms with Gasteiger partial charge in [-0.3, -0.25) is 0 Å². The van der Waals surface area contributed by atoms with Gasteiger partial charge in [0.2, 0.25) is 0 Å². The summed E-state index contributed by atoms with van der Waals surface area (Å²) in [5.41, 5.74) is 0.813. The van der Waals surface area contributed by atoms with Crippen molar-refractivity contribution in [1.82, 2.24) is 0 Å². The van der Waals surface area contributed by atoms with Crippen LogP contribution in [0.3, 0.4) is 0 Å². The Bertz CT molecular complexity index is 203. The van der Waals surface area contributed by atoms with Crippen molar-refractivity contribution in [3.8, 4) is 0 Å². The lowest BCUT2D eigenvalue weighted by atomic mass is 9.91. The Labute approximate surface area is 58.7 Å². The van der Waals surface area contributed by atoms with E-state index in [0.717, 1.165) is 5.56 Å². The van der Waals surface area contributed by atoms with Gasteiger partial charge < -0.3 is 14.5 Å². The summed E-state index contributed by atoms with van der Waals surface area (Å²) in [4.78, 5) is 0. The summed E-state index contributed by atoms with van der Waals surface area (Å²) in [5, 5.41) is 16.8. The molecule has 0 aliphatic rings. The van der Waals surface area contributed by atoms with E-state index in [1.165, 1.54) is 18.5 Å². The third-order valence-corrected chi connectivity index (χ3v) is 1.00. The van der Waals surface area contributed by atoms with Crippen molar-refractivity contribution in [3.05, 3.63) is 30.1 Å². The highest BCUT2D eigenvalue weighted by molar-refractivity contribution is 6.48. The van der Waals surface area contributed by atoms with Crippen molar-refractivity contribution in [2.45, 2.75) is 0 Å². The summed E-state index contributed by atoms with van der Waals surface area (Å²) in [7, 11) is -1.39. The van der Waals surface area contributed by atoms with Crippen LogP contribution in [0.2, 0.25) is 0 Å². The van der Waals surface area contributed by atoms with Crippen molar-refractivity contribution in [1.29, 1.82) is 0 Å². The van der Waals surface area contributed by atoms with Crippen molar-refractivity contribution in [3.63, 3.8) is 0 Å². The minimum absolute atomic E-state index is 0.813. The van der Waals surface area contributed by atoms with E-state index in [9.17, 15) is 0 Å². The highest BCUT2D eigenvalue weighted by Gasteiger charge is 1.97. The molecule has 0 bridgehead atoms. The molecule has 4 heteroatoms. The van der Waals surface area contributed by atoms with Crippen LogP contribution in [0.4, 0.5) is 0 Å². The average molecular weight is 138 g/mol. The molecule has 0 amide bonds. The molecule has 52 valence electrons. The Morgan fingerprint density at radius 1 is 1.50 bits per heavy atom. The Kier molecular flexibility index (Phi) is 2.31. The fourth-order valence-corrected chi connectivity index (χ4v) is 0.567. The van der Waals surface area contributed by atoms with Crippen LogP contribution < -0.4 is 0 Å². The zero-order chi connectivity index (χ0) is 7.40. The first-order valence-electron chi connectivity index (χ1n) is 2.85. The van der Waals surface area contributed by atoms with Gasteiger partial charge in [-0.15, -0.1) is 0 Å². The summed E-state index contributed by atoms with van der Waals surface area (Å²) in [5.74, 6) is 1.25. The topological polar surface area (TPSA) is 53.6 Å². The molecule has 3 nitrogen and oxygen atoms in total. The maximum absolute atomic E-state index is 8.39.